The number of aromatic nitrogens is 3. The molecule has 18 heavy (non-hydrogen) atoms. The number of rotatable bonds is 3. The number of carbonyl (C=O) groups excluding carboxylic acids is 1. The van der Waals surface area contributed by atoms with Crippen LogP contribution in [0.25, 0.3) is 0 Å². The molecule has 7 nitrogen and oxygen atoms in total. The van der Waals surface area contributed by atoms with E-state index < -0.39 is 5.97 Å². The van der Waals surface area contributed by atoms with Crippen LogP contribution in [0.2, 0.25) is 0 Å². The number of carbonyl (C=O) groups is 1. The maximum atomic E-state index is 11.2. The van der Waals surface area contributed by atoms with Gasteiger partial charge in [0.05, 0.1) is 26.5 Å². The van der Waals surface area contributed by atoms with E-state index in [2.05, 4.69) is 15.0 Å². The maximum Gasteiger partial charge on any atom is 0.360 e. The zero-order chi connectivity index (χ0) is 12.6. The van der Waals surface area contributed by atoms with Gasteiger partial charge in [-0.15, -0.1) is 5.10 Å². The summed E-state index contributed by atoms with van der Waals surface area (Å²) < 4.78 is 17.4. The third-order valence-corrected chi connectivity index (χ3v) is 3.39. The van der Waals surface area contributed by atoms with E-state index in [0.29, 0.717) is 19.1 Å². The predicted molar refractivity (Wildman–Crippen MR) is 58.7 cm³/mol. The lowest BCUT2D eigenvalue weighted by molar-refractivity contribution is -0.232. The number of esters is 1. The van der Waals surface area contributed by atoms with Crippen LogP contribution >= 0.6 is 0 Å². The van der Waals surface area contributed by atoms with Crippen molar-refractivity contribution in [2.45, 2.75) is 25.2 Å². The Hall–Kier alpha value is -1.47. The molecule has 0 N–H and O–H groups in total. The lowest BCUT2D eigenvalue weighted by Gasteiger charge is -2.42. The first-order chi connectivity index (χ1) is 8.71. The van der Waals surface area contributed by atoms with E-state index in [9.17, 15) is 4.79 Å². The van der Waals surface area contributed by atoms with E-state index in [1.165, 1.54) is 7.11 Å². The Balaban J connectivity index is 1.55. The molecule has 2 aliphatic rings. The fourth-order valence-corrected chi connectivity index (χ4v) is 2.53. The number of hydrogen-bond donors (Lipinski definition) is 0. The van der Waals surface area contributed by atoms with Crippen LogP contribution < -0.4 is 0 Å². The molecule has 1 aliphatic carbocycles. The van der Waals surface area contributed by atoms with Crippen molar-refractivity contribution in [3.63, 3.8) is 0 Å². The molecule has 1 aromatic heterocycles. The lowest BCUT2D eigenvalue weighted by Crippen LogP contribution is -2.46. The van der Waals surface area contributed by atoms with Gasteiger partial charge in [-0.1, -0.05) is 5.21 Å². The first-order valence-electron chi connectivity index (χ1n) is 5.97. The Bertz CT molecular complexity index is 445. The Labute approximate surface area is 104 Å². The van der Waals surface area contributed by atoms with E-state index >= 15 is 0 Å². The van der Waals surface area contributed by atoms with Gasteiger partial charge in [0.2, 0.25) is 0 Å². The van der Waals surface area contributed by atoms with Gasteiger partial charge < -0.3 is 14.2 Å². The van der Waals surface area contributed by atoms with E-state index in [1.54, 1.807) is 10.9 Å². The van der Waals surface area contributed by atoms with Crippen molar-refractivity contribution >= 4 is 5.97 Å². The first-order valence-corrected chi connectivity index (χ1v) is 5.97. The Morgan fingerprint density at radius 3 is 2.94 bits per heavy atom. The minimum absolute atomic E-state index is 0.236. The van der Waals surface area contributed by atoms with Crippen molar-refractivity contribution in [2.24, 2.45) is 5.92 Å². The standard InChI is InChI=1S/C11H15N3O4/c1-16-10(15)9-7-14(13-12-9)6-8-4-11(5-8)17-2-3-18-11/h7-8H,2-6H2,1H3. The molecular formula is C11H15N3O4. The molecule has 0 unspecified atom stereocenters. The fraction of sp³-hybridized carbons (Fsp3) is 0.727. The molecule has 1 spiro atoms. The van der Waals surface area contributed by atoms with Crippen molar-refractivity contribution < 1.29 is 19.0 Å². The minimum Gasteiger partial charge on any atom is -0.464 e. The van der Waals surface area contributed by atoms with Gasteiger partial charge in [-0.25, -0.2) is 4.79 Å². The lowest BCUT2D eigenvalue weighted by atomic mass is 9.79. The molecule has 7 heteroatoms. The maximum absolute atomic E-state index is 11.2. The predicted octanol–water partition coefficient (Wildman–Crippen LogP) is 0.218. The summed E-state index contributed by atoms with van der Waals surface area (Å²) in [4.78, 5) is 11.2. The normalized spacial score (nSPS) is 22.1. The first kappa shape index (κ1) is 11.6. The number of hydrogen-bond acceptors (Lipinski definition) is 6. The highest BCUT2D eigenvalue weighted by atomic mass is 16.7. The van der Waals surface area contributed by atoms with Crippen molar-refractivity contribution in [1.29, 1.82) is 0 Å². The molecule has 1 saturated carbocycles. The number of nitrogens with zero attached hydrogens (tertiary/aromatic N) is 3. The van der Waals surface area contributed by atoms with E-state index in [-0.39, 0.29) is 11.5 Å². The Kier molecular flexibility index (Phi) is 2.79. The Morgan fingerprint density at radius 1 is 1.56 bits per heavy atom. The van der Waals surface area contributed by atoms with E-state index in [0.717, 1.165) is 19.4 Å². The van der Waals surface area contributed by atoms with E-state index in [4.69, 9.17) is 9.47 Å². The van der Waals surface area contributed by atoms with Crippen LogP contribution in [0, 0.1) is 5.92 Å². The molecule has 0 bridgehead atoms. The van der Waals surface area contributed by atoms with Gasteiger partial charge in [-0.2, -0.15) is 0 Å². The van der Waals surface area contributed by atoms with Gasteiger partial charge in [0.25, 0.3) is 0 Å². The highest BCUT2D eigenvalue weighted by Gasteiger charge is 2.49. The number of methoxy groups -OCH3 is 1. The molecule has 0 aromatic carbocycles. The van der Waals surface area contributed by atoms with Crippen LogP contribution in [0.15, 0.2) is 6.20 Å². The minimum atomic E-state index is -0.464. The zero-order valence-electron chi connectivity index (χ0n) is 10.2. The largest absolute Gasteiger partial charge is 0.464 e. The summed E-state index contributed by atoms with van der Waals surface area (Å²) in [5.41, 5.74) is 0.236. The van der Waals surface area contributed by atoms with Gasteiger partial charge in [0.15, 0.2) is 11.5 Å². The molecule has 98 valence electrons. The average Bonchev–Trinajstić information content (AvgIpc) is 2.96. The quantitative estimate of drug-likeness (QED) is 0.717. The molecule has 3 rings (SSSR count). The second-order valence-corrected chi connectivity index (χ2v) is 4.70. The van der Waals surface area contributed by atoms with Crippen molar-refractivity contribution in [3.05, 3.63) is 11.9 Å². The molecule has 2 fully saturated rings. The molecule has 2 heterocycles. The molecular weight excluding hydrogens is 238 g/mol. The summed E-state index contributed by atoms with van der Waals surface area (Å²) in [6, 6.07) is 0. The molecule has 0 atom stereocenters. The van der Waals surface area contributed by atoms with Gasteiger partial charge in [0.1, 0.15) is 0 Å². The monoisotopic (exact) mass is 253 g/mol. The van der Waals surface area contributed by atoms with Crippen molar-refractivity contribution in [2.75, 3.05) is 20.3 Å². The van der Waals surface area contributed by atoms with Crippen molar-refractivity contribution in [1.82, 2.24) is 15.0 Å². The van der Waals surface area contributed by atoms with Gasteiger partial charge >= 0.3 is 5.97 Å². The molecule has 0 radical (unpaired) electrons. The zero-order valence-corrected chi connectivity index (χ0v) is 10.2. The van der Waals surface area contributed by atoms with Crippen LogP contribution in [0.4, 0.5) is 0 Å². The topological polar surface area (TPSA) is 75.5 Å². The highest BCUT2D eigenvalue weighted by molar-refractivity contribution is 5.86. The second-order valence-electron chi connectivity index (χ2n) is 4.70. The summed E-state index contributed by atoms with van der Waals surface area (Å²) in [5, 5.41) is 7.67. The molecule has 1 aliphatic heterocycles. The summed E-state index contributed by atoms with van der Waals surface area (Å²) in [6.07, 6.45) is 3.36. The van der Waals surface area contributed by atoms with Crippen LogP contribution in [-0.2, 0) is 20.8 Å². The number of ether oxygens (including phenoxy) is 3. The van der Waals surface area contributed by atoms with Gasteiger partial charge in [0, 0.05) is 19.4 Å². The molecule has 0 amide bonds. The van der Waals surface area contributed by atoms with E-state index in [1.807, 2.05) is 0 Å². The van der Waals surface area contributed by atoms with Gasteiger partial charge in [-0.05, 0) is 5.92 Å². The molecule has 1 saturated heterocycles. The summed E-state index contributed by atoms with van der Waals surface area (Å²) in [7, 11) is 1.33. The second kappa shape index (κ2) is 4.33. The van der Waals surface area contributed by atoms with Crippen LogP contribution in [-0.4, -0.2) is 47.1 Å². The average molecular weight is 253 g/mol. The summed E-state index contributed by atoms with van der Waals surface area (Å²) in [5.74, 6) is -0.347. The van der Waals surface area contributed by atoms with Crippen LogP contribution in [0.5, 0.6) is 0 Å². The summed E-state index contributed by atoms with van der Waals surface area (Å²) in [6.45, 7) is 2.09. The van der Waals surface area contributed by atoms with Crippen LogP contribution in [0.1, 0.15) is 23.3 Å². The smallest absolute Gasteiger partial charge is 0.360 e. The van der Waals surface area contributed by atoms with Gasteiger partial charge in [-0.3, -0.25) is 4.68 Å². The van der Waals surface area contributed by atoms with Crippen molar-refractivity contribution in [3.8, 4) is 0 Å². The highest BCUT2D eigenvalue weighted by Crippen LogP contribution is 2.44. The van der Waals surface area contributed by atoms with Crippen LogP contribution in [0.3, 0.4) is 0 Å². The third-order valence-electron chi connectivity index (χ3n) is 3.39. The fourth-order valence-electron chi connectivity index (χ4n) is 2.53. The SMILES string of the molecule is COC(=O)c1cn(CC2CC3(C2)OCCO3)nn1. The Morgan fingerprint density at radius 2 is 2.28 bits per heavy atom. The molecule has 1 aromatic rings. The summed E-state index contributed by atoms with van der Waals surface area (Å²) >= 11 is 0. The third kappa shape index (κ3) is 1.99.